The number of methoxy groups -OCH3 is 1. The molecular formula is C27H21N5O7. The quantitative estimate of drug-likeness (QED) is 0.125. The highest BCUT2D eigenvalue weighted by Gasteiger charge is 2.22. The fourth-order valence-electron chi connectivity index (χ4n) is 3.88. The Hall–Kier alpha value is -5.70. The van der Waals surface area contributed by atoms with Crippen molar-refractivity contribution in [1.82, 2.24) is 10.3 Å². The number of nitriles is 1. The van der Waals surface area contributed by atoms with Gasteiger partial charge in [-0.15, -0.1) is 0 Å². The van der Waals surface area contributed by atoms with E-state index in [1.807, 2.05) is 36.5 Å². The van der Waals surface area contributed by atoms with Crippen LogP contribution in [0.25, 0.3) is 17.0 Å². The van der Waals surface area contributed by atoms with Crippen molar-refractivity contribution in [2.75, 3.05) is 13.7 Å². The van der Waals surface area contributed by atoms with Gasteiger partial charge in [0.05, 0.1) is 23.0 Å². The van der Waals surface area contributed by atoms with Gasteiger partial charge in [0.15, 0.2) is 11.5 Å². The summed E-state index contributed by atoms with van der Waals surface area (Å²) >= 11 is 0. The molecule has 0 saturated heterocycles. The van der Waals surface area contributed by atoms with Crippen molar-refractivity contribution < 1.29 is 24.1 Å². The fourth-order valence-corrected chi connectivity index (χ4v) is 3.88. The number of para-hydroxylation sites is 1. The highest BCUT2D eigenvalue weighted by molar-refractivity contribution is 6.01. The summed E-state index contributed by atoms with van der Waals surface area (Å²) in [6.45, 7) is 0.323. The van der Waals surface area contributed by atoms with Gasteiger partial charge in [-0.2, -0.15) is 5.26 Å². The molecule has 0 aliphatic heterocycles. The lowest BCUT2D eigenvalue weighted by Crippen LogP contribution is -2.26. The number of carbonyl (C=O) groups is 1. The molecule has 2 N–H and O–H groups in total. The molecular weight excluding hydrogens is 506 g/mol. The summed E-state index contributed by atoms with van der Waals surface area (Å²) in [5.74, 6) is -0.514. The van der Waals surface area contributed by atoms with Gasteiger partial charge < -0.3 is 19.8 Å². The van der Waals surface area contributed by atoms with E-state index in [0.717, 1.165) is 34.7 Å². The molecule has 1 heterocycles. The number of aromatic nitrogens is 1. The largest absolute Gasteiger partial charge is 0.493 e. The molecule has 3 aromatic carbocycles. The van der Waals surface area contributed by atoms with Gasteiger partial charge in [0, 0.05) is 29.7 Å². The van der Waals surface area contributed by atoms with E-state index in [1.54, 1.807) is 0 Å². The SMILES string of the molecule is COc1cc(/C=C(/C#N)C(=O)NCCc2c[nH]c3ccccc23)ccc1Oc1ccc([N+](=O)[O-])cc1[N+](=O)[O-]. The smallest absolute Gasteiger partial charge is 0.318 e. The van der Waals surface area contributed by atoms with Crippen LogP contribution in [0.2, 0.25) is 0 Å². The third-order valence-corrected chi connectivity index (χ3v) is 5.79. The second-order valence-electron chi connectivity index (χ2n) is 8.21. The molecule has 0 spiro atoms. The molecule has 4 rings (SSSR count). The van der Waals surface area contributed by atoms with E-state index >= 15 is 0 Å². The maximum atomic E-state index is 12.6. The summed E-state index contributed by atoms with van der Waals surface area (Å²) in [6, 6.07) is 17.2. The van der Waals surface area contributed by atoms with Crippen molar-refractivity contribution in [3.8, 4) is 23.3 Å². The zero-order chi connectivity index (χ0) is 27.9. The van der Waals surface area contributed by atoms with Gasteiger partial charge in [-0.3, -0.25) is 25.0 Å². The fraction of sp³-hybridized carbons (Fsp3) is 0.111. The number of nitro groups is 2. The highest BCUT2D eigenvalue weighted by Crippen LogP contribution is 2.38. The summed E-state index contributed by atoms with van der Waals surface area (Å²) < 4.78 is 10.9. The number of hydrogen-bond acceptors (Lipinski definition) is 8. The zero-order valence-corrected chi connectivity index (χ0v) is 20.5. The number of H-pyrrole nitrogens is 1. The van der Waals surface area contributed by atoms with Gasteiger partial charge in [-0.05, 0) is 47.9 Å². The summed E-state index contributed by atoms with van der Waals surface area (Å²) in [7, 11) is 1.35. The number of hydrogen-bond donors (Lipinski definition) is 2. The van der Waals surface area contributed by atoms with Crippen LogP contribution in [0, 0.1) is 31.6 Å². The molecule has 39 heavy (non-hydrogen) atoms. The Morgan fingerprint density at radius 3 is 2.54 bits per heavy atom. The lowest BCUT2D eigenvalue weighted by atomic mass is 10.1. The van der Waals surface area contributed by atoms with Crippen LogP contribution in [-0.4, -0.2) is 34.4 Å². The van der Waals surface area contributed by atoms with Gasteiger partial charge in [-0.1, -0.05) is 24.3 Å². The predicted octanol–water partition coefficient (Wildman–Crippen LogP) is 5.05. The number of nitro benzene ring substituents is 2. The molecule has 4 aromatic rings. The molecule has 12 nitrogen and oxygen atoms in total. The van der Waals surface area contributed by atoms with Gasteiger partial charge in [-0.25, -0.2) is 0 Å². The average Bonchev–Trinajstić information content (AvgIpc) is 3.35. The van der Waals surface area contributed by atoms with Crippen LogP contribution in [0.3, 0.4) is 0 Å². The van der Waals surface area contributed by atoms with Crippen molar-refractivity contribution in [3.05, 3.63) is 104 Å². The van der Waals surface area contributed by atoms with Gasteiger partial charge in [0.1, 0.15) is 11.6 Å². The second kappa shape index (κ2) is 11.6. The number of ether oxygens (including phenoxy) is 2. The third-order valence-electron chi connectivity index (χ3n) is 5.79. The first kappa shape index (κ1) is 26.4. The standard InChI is InChI=1S/C27H21N5O7/c1-38-26-13-17(6-8-25(26)39-24-9-7-20(31(34)35)14-23(24)32(36)37)12-19(15-28)27(33)29-11-10-18-16-30-22-5-3-2-4-21(18)22/h2-9,12-14,16,30H,10-11H2,1H3,(H,29,33)/b19-12-. The molecule has 1 aromatic heterocycles. The van der Waals surface area contributed by atoms with Gasteiger partial charge in [0.2, 0.25) is 5.75 Å². The lowest BCUT2D eigenvalue weighted by molar-refractivity contribution is -0.394. The van der Waals surface area contributed by atoms with E-state index in [2.05, 4.69) is 10.3 Å². The molecule has 0 fully saturated rings. The van der Waals surface area contributed by atoms with Crippen molar-refractivity contribution in [1.29, 1.82) is 5.26 Å². The maximum absolute atomic E-state index is 12.6. The van der Waals surface area contributed by atoms with Crippen LogP contribution >= 0.6 is 0 Å². The van der Waals surface area contributed by atoms with Gasteiger partial charge >= 0.3 is 5.69 Å². The first-order chi connectivity index (χ1) is 18.8. The van der Waals surface area contributed by atoms with Crippen molar-refractivity contribution in [2.45, 2.75) is 6.42 Å². The Morgan fingerprint density at radius 2 is 1.82 bits per heavy atom. The molecule has 0 bridgehead atoms. The molecule has 0 unspecified atom stereocenters. The number of aromatic amines is 1. The molecule has 196 valence electrons. The van der Waals surface area contributed by atoms with Crippen LogP contribution in [0.5, 0.6) is 17.2 Å². The summed E-state index contributed by atoms with van der Waals surface area (Å²) in [5.41, 5.74) is 1.32. The van der Waals surface area contributed by atoms with E-state index in [-0.39, 0.29) is 22.8 Å². The first-order valence-corrected chi connectivity index (χ1v) is 11.5. The molecule has 0 saturated carbocycles. The summed E-state index contributed by atoms with van der Waals surface area (Å²) in [4.78, 5) is 36.7. The summed E-state index contributed by atoms with van der Waals surface area (Å²) in [5, 5.41) is 35.7. The number of fused-ring (bicyclic) bond motifs is 1. The minimum Gasteiger partial charge on any atom is -0.493 e. The monoisotopic (exact) mass is 527 g/mol. The topological polar surface area (TPSA) is 173 Å². The number of nitrogens with zero attached hydrogens (tertiary/aromatic N) is 3. The third kappa shape index (κ3) is 6.00. The number of amides is 1. The highest BCUT2D eigenvalue weighted by atomic mass is 16.6. The van der Waals surface area contributed by atoms with Crippen LogP contribution in [-0.2, 0) is 11.2 Å². The molecule has 0 aliphatic rings. The minimum atomic E-state index is -0.789. The lowest BCUT2D eigenvalue weighted by Gasteiger charge is -2.11. The molecule has 1 amide bonds. The van der Waals surface area contributed by atoms with Gasteiger partial charge in [0.25, 0.3) is 11.6 Å². The number of benzene rings is 3. The van der Waals surface area contributed by atoms with Crippen LogP contribution in [0.15, 0.2) is 72.4 Å². The number of rotatable bonds is 10. The number of non-ortho nitro benzene ring substituents is 1. The Bertz CT molecular complexity index is 1650. The number of carbonyl (C=O) groups excluding carboxylic acids is 1. The summed E-state index contributed by atoms with van der Waals surface area (Å²) in [6.07, 6.45) is 3.84. The maximum Gasteiger partial charge on any atom is 0.318 e. The van der Waals surface area contributed by atoms with E-state index < -0.39 is 27.1 Å². The predicted molar refractivity (Wildman–Crippen MR) is 141 cm³/mol. The van der Waals surface area contributed by atoms with Crippen molar-refractivity contribution in [2.24, 2.45) is 0 Å². The van der Waals surface area contributed by atoms with Crippen molar-refractivity contribution in [3.63, 3.8) is 0 Å². The average molecular weight is 527 g/mol. The Balaban J connectivity index is 1.48. The van der Waals surface area contributed by atoms with E-state index in [1.165, 1.54) is 31.4 Å². The molecule has 0 aliphatic carbocycles. The second-order valence-corrected chi connectivity index (χ2v) is 8.21. The Morgan fingerprint density at radius 1 is 1.05 bits per heavy atom. The van der Waals surface area contributed by atoms with E-state index in [9.17, 15) is 30.3 Å². The molecule has 0 atom stereocenters. The van der Waals surface area contributed by atoms with Crippen LogP contribution in [0.4, 0.5) is 11.4 Å². The normalized spacial score (nSPS) is 11.0. The van der Waals surface area contributed by atoms with E-state index in [0.29, 0.717) is 18.5 Å². The molecule has 12 heteroatoms. The number of nitrogens with one attached hydrogen (secondary N) is 2. The molecule has 0 radical (unpaired) electrons. The zero-order valence-electron chi connectivity index (χ0n) is 20.5. The van der Waals surface area contributed by atoms with Crippen molar-refractivity contribution >= 4 is 34.3 Å². The van der Waals surface area contributed by atoms with E-state index in [4.69, 9.17) is 9.47 Å². The van der Waals surface area contributed by atoms with Crippen LogP contribution in [0.1, 0.15) is 11.1 Å². The minimum absolute atomic E-state index is 0.0910. The Kier molecular flexibility index (Phi) is 7.82. The Labute approximate surface area is 221 Å². The first-order valence-electron chi connectivity index (χ1n) is 11.5. The van der Waals surface area contributed by atoms with Crippen LogP contribution < -0.4 is 14.8 Å².